The van der Waals surface area contributed by atoms with Gasteiger partial charge in [-0.1, -0.05) is 17.3 Å². The standard InChI is InChI=1S/C52H74FN13O17/c53-27-15-25-31(66(24-5-6-24)20-26(37(25)67)49(75)76)17-32(27)64-9-7-63(8-10-64)11-13-77-14-12-65-21-30(61-62-65)22-1-3-23(4-2-22)60-48(74)47-46(81-51-36(59)42(72)40(70)34(19-55)79-51)43(73)52(83-47)82-45-38(68)28(56)16-29(57)44(45)80-50-35(58)41(71)39(69)33(18-54)78-50/h1-4,15,17,20-21,24,28-29,33-36,38-47,50-52,68-73H,5-14,16,18-19,54-59H2,(H,60,74)(H,75,76)/t28-,29+,33-,34+,35-,36-,38+,39-,40-,41-,42-,43-,44-,45-,46+,47+,50-,51-,52-/m1/s1. The van der Waals surface area contributed by atoms with E-state index in [1.165, 1.54) is 6.20 Å². The Morgan fingerprint density at radius 1 is 0.723 bits per heavy atom. The third-order valence-corrected chi connectivity index (χ3v) is 16.3. The molecule has 2 saturated carbocycles. The Bertz CT molecular complexity index is 2950. The number of hydrogen-bond acceptors (Lipinski definition) is 26. The molecular formula is C52H74FN13O17. The van der Waals surface area contributed by atoms with Crippen molar-refractivity contribution in [1.82, 2.24) is 24.5 Å². The van der Waals surface area contributed by atoms with E-state index in [0.717, 1.165) is 18.9 Å². The monoisotopic (exact) mass is 1170 g/mol. The van der Waals surface area contributed by atoms with E-state index in [4.69, 9.17) is 67.6 Å². The number of fused-ring (bicyclic) bond motifs is 1. The van der Waals surface area contributed by atoms with Crippen LogP contribution in [0.3, 0.4) is 0 Å². The Labute approximate surface area is 473 Å². The van der Waals surface area contributed by atoms with Crippen molar-refractivity contribution in [2.75, 3.05) is 69.2 Å². The number of carbonyl (C=O) groups excluding carboxylic acids is 1. The number of nitrogens with two attached hydrogens (primary N) is 6. The second kappa shape index (κ2) is 25.7. The number of aromatic nitrogens is 4. The zero-order chi connectivity index (χ0) is 59.1. The number of halogens is 1. The molecule has 456 valence electrons. The maximum absolute atomic E-state index is 15.5. The van der Waals surface area contributed by atoms with Gasteiger partial charge in [0.05, 0.1) is 55.3 Å². The second-order valence-corrected chi connectivity index (χ2v) is 22.0. The number of amides is 1. The predicted octanol–water partition coefficient (Wildman–Crippen LogP) is -5.66. The van der Waals surface area contributed by atoms with E-state index in [1.807, 2.05) is 4.90 Å². The van der Waals surface area contributed by atoms with Crippen LogP contribution in [0.25, 0.3) is 22.2 Å². The van der Waals surface area contributed by atoms with Crippen LogP contribution >= 0.6 is 0 Å². The van der Waals surface area contributed by atoms with Gasteiger partial charge in [-0.2, -0.15) is 0 Å². The molecule has 83 heavy (non-hydrogen) atoms. The van der Waals surface area contributed by atoms with Crippen LogP contribution in [-0.4, -0.2) is 247 Å². The number of carbonyl (C=O) groups is 2. The third kappa shape index (κ3) is 12.8. The molecule has 10 rings (SSSR count). The number of pyridine rings is 1. The number of nitrogens with zero attached hydrogens (tertiary/aromatic N) is 6. The number of nitrogens with one attached hydrogen (secondary N) is 1. The molecule has 1 amide bonds. The number of hydrogen-bond donors (Lipinski definition) is 14. The molecule has 19 atom stereocenters. The molecule has 4 aromatic rings. The first kappa shape index (κ1) is 60.8. The van der Waals surface area contributed by atoms with Crippen molar-refractivity contribution in [2.24, 2.45) is 34.4 Å². The minimum atomic E-state index is -1.86. The number of aromatic carboxylic acids is 1. The minimum Gasteiger partial charge on any atom is -0.477 e. The van der Waals surface area contributed by atoms with Crippen LogP contribution in [0.4, 0.5) is 15.8 Å². The fraction of sp³-hybridized carbons (Fsp3) is 0.635. The SMILES string of the molecule is NC[C@@H]1O[C@H](O[C@H]2[C@@H](O)[C@H](O[C@@H]3[C@@H](O)[C@H](N)C[C@H](N)[C@H]3O[C@H]3O[C@H](CN)[C@@H](O)[C@H](O)[C@H]3N)O[C@@H]2C(=O)Nc2ccc(-c3cn(CCOCCN4CCN(c5cc6c(cc5F)c(=O)c(C(=O)O)cn6C5CC5)CC4)nn3)cc2)[C@H](N)[C@@H](O)[C@@H]1O. The summed E-state index contributed by atoms with van der Waals surface area (Å²) in [5, 5.41) is 86.6. The quantitative estimate of drug-likeness (QED) is 0.0367. The lowest BCUT2D eigenvalue weighted by Crippen LogP contribution is -2.68. The number of rotatable bonds is 20. The van der Waals surface area contributed by atoms with E-state index < -0.39 is 139 Å². The first-order valence-electron chi connectivity index (χ1n) is 27.7. The largest absolute Gasteiger partial charge is 0.477 e. The number of carboxylic acid groups (broad SMARTS) is 1. The summed E-state index contributed by atoms with van der Waals surface area (Å²) in [5.41, 5.74) is 38.0. The topological polar surface area (TPSA) is 468 Å². The van der Waals surface area contributed by atoms with E-state index in [0.29, 0.717) is 74.9 Å². The van der Waals surface area contributed by atoms with Crippen molar-refractivity contribution in [3.05, 3.63) is 70.4 Å². The summed E-state index contributed by atoms with van der Waals surface area (Å²) in [5.74, 6) is -2.77. The first-order valence-corrected chi connectivity index (χ1v) is 27.7. The van der Waals surface area contributed by atoms with Crippen LogP contribution in [0.15, 0.2) is 53.6 Å². The van der Waals surface area contributed by atoms with Gasteiger partial charge in [-0.25, -0.2) is 13.9 Å². The molecule has 0 radical (unpaired) electrons. The molecule has 6 fully saturated rings. The molecule has 2 aromatic heterocycles. The molecule has 0 spiro atoms. The summed E-state index contributed by atoms with van der Waals surface area (Å²) in [6, 6.07) is 4.76. The Kier molecular flexibility index (Phi) is 18.8. The average Bonchev–Trinajstić information content (AvgIpc) is 3.98. The van der Waals surface area contributed by atoms with Crippen molar-refractivity contribution in [2.45, 2.75) is 148 Å². The predicted molar refractivity (Wildman–Crippen MR) is 288 cm³/mol. The van der Waals surface area contributed by atoms with E-state index in [-0.39, 0.29) is 42.2 Å². The van der Waals surface area contributed by atoms with Gasteiger partial charge >= 0.3 is 5.97 Å². The van der Waals surface area contributed by atoms with E-state index in [2.05, 4.69) is 20.5 Å². The number of piperazine rings is 1. The van der Waals surface area contributed by atoms with Crippen molar-refractivity contribution in [1.29, 1.82) is 0 Å². The Balaban J connectivity index is 0.738. The number of aliphatic hydroxyl groups excluding tert-OH is 6. The molecule has 4 saturated heterocycles. The van der Waals surface area contributed by atoms with Crippen LogP contribution in [0.5, 0.6) is 0 Å². The van der Waals surface area contributed by atoms with Crippen molar-refractivity contribution >= 4 is 34.2 Å². The summed E-state index contributed by atoms with van der Waals surface area (Å²) in [4.78, 5) is 43.1. The Morgan fingerprint density at radius 2 is 1.34 bits per heavy atom. The van der Waals surface area contributed by atoms with Gasteiger partial charge in [-0.05, 0) is 43.5 Å². The van der Waals surface area contributed by atoms with Gasteiger partial charge in [0.1, 0.15) is 78.1 Å². The van der Waals surface area contributed by atoms with Gasteiger partial charge in [0.25, 0.3) is 5.91 Å². The highest BCUT2D eigenvalue weighted by atomic mass is 19.1. The fourth-order valence-electron chi connectivity index (χ4n) is 11.3. The number of ether oxygens (including phenoxy) is 7. The number of anilines is 2. The van der Waals surface area contributed by atoms with E-state index in [9.17, 15) is 50.1 Å². The van der Waals surface area contributed by atoms with Gasteiger partial charge in [0.2, 0.25) is 5.43 Å². The Morgan fingerprint density at radius 3 is 1.95 bits per heavy atom. The van der Waals surface area contributed by atoms with Gasteiger partial charge in [0, 0.05) is 86.8 Å². The van der Waals surface area contributed by atoms with Crippen molar-refractivity contribution < 1.29 is 82.9 Å². The molecule has 2 aliphatic carbocycles. The second-order valence-electron chi connectivity index (χ2n) is 22.0. The molecule has 2 aromatic carbocycles. The smallest absolute Gasteiger partial charge is 0.341 e. The molecule has 31 heteroatoms. The van der Waals surface area contributed by atoms with Gasteiger partial charge in [-0.15, -0.1) is 5.10 Å². The third-order valence-electron chi connectivity index (χ3n) is 16.3. The molecule has 30 nitrogen and oxygen atoms in total. The van der Waals surface area contributed by atoms with Crippen molar-refractivity contribution in [3.63, 3.8) is 0 Å². The van der Waals surface area contributed by atoms with Gasteiger partial charge in [-0.3, -0.25) is 14.5 Å². The highest BCUT2D eigenvalue weighted by molar-refractivity contribution is 5.95. The number of benzene rings is 2. The molecule has 6 aliphatic rings. The van der Waals surface area contributed by atoms with E-state index >= 15 is 4.39 Å². The summed E-state index contributed by atoms with van der Waals surface area (Å²) < 4.78 is 60.9. The van der Waals surface area contributed by atoms with Crippen LogP contribution in [0.2, 0.25) is 0 Å². The van der Waals surface area contributed by atoms with Gasteiger partial charge in [0.15, 0.2) is 25.0 Å². The zero-order valence-corrected chi connectivity index (χ0v) is 45.1. The lowest BCUT2D eigenvalue weighted by atomic mass is 9.84. The molecule has 20 N–H and O–H groups in total. The minimum absolute atomic E-state index is 0.00440. The lowest BCUT2D eigenvalue weighted by Gasteiger charge is -2.47. The van der Waals surface area contributed by atoms with Crippen LogP contribution in [0.1, 0.15) is 35.7 Å². The van der Waals surface area contributed by atoms with E-state index in [1.54, 1.807) is 45.8 Å². The molecular weight excluding hydrogens is 1100 g/mol. The highest BCUT2D eigenvalue weighted by Crippen LogP contribution is 2.39. The zero-order valence-electron chi connectivity index (χ0n) is 45.1. The van der Waals surface area contributed by atoms with Crippen LogP contribution in [0, 0.1) is 5.82 Å². The number of carboxylic acids is 1. The molecule has 4 aliphatic heterocycles. The van der Waals surface area contributed by atoms with Crippen LogP contribution in [-0.2, 0) is 44.5 Å². The van der Waals surface area contributed by atoms with Crippen molar-refractivity contribution in [3.8, 4) is 11.3 Å². The molecule has 0 unspecified atom stereocenters. The normalized spacial score (nSPS) is 35.2. The number of aliphatic hydroxyl groups is 6. The highest BCUT2D eigenvalue weighted by Gasteiger charge is 2.56. The summed E-state index contributed by atoms with van der Waals surface area (Å²) in [7, 11) is 0. The summed E-state index contributed by atoms with van der Waals surface area (Å²) >= 11 is 0. The van der Waals surface area contributed by atoms with Gasteiger partial charge < -0.3 is 118 Å². The lowest BCUT2D eigenvalue weighted by molar-refractivity contribution is -0.306. The first-order chi connectivity index (χ1) is 39.7. The molecule has 6 heterocycles. The summed E-state index contributed by atoms with van der Waals surface area (Å²) in [6.07, 6.45) is -17.8. The fourth-order valence-corrected chi connectivity index (χ4v) is 11.3. The maximum atomic E-state index is 15.5. The van der Waals surface area contributed by atoms with Crippen LogP contribution < -0.4 is 50.0 Å². The average molecular weight is 1170 g/mol. The molecule has 0 bridgehead atoms. The maximum Gasteiger partial charge on any atom is 0.341 e. The summed E-state index contributed by atoms with van der Waals surface area (Å²) in [6.45, 7) is 3.67. The Hall–Kier alpha value is -5.34.